The molecule has 2 heterocycles. The number of nitrogens with zero attached hydrogens (tertiary/aromatic N) is 3. The Bertz CT molecular complexity index is 1530. The van der Waals surface area contributed by atoms with Gasteiger partial charge >= 0.3 is 18.3 Å². The van der Waals surface area contributed by atoms with Crippen molar-refractivity contribution in [2.75, 3.05) is 34.0 Å². The number of halogens is 1. The Kier molecular flexibility index (Phi) is 26.8. The van der Waals surface area contributed by atoms with Crippen LogP contribution in [0.2, 0.25) is 0 Å². The van der Waals surface area contributed by atoms with E-state index in [1.54, 1.807) is 24.3 Å². The lowest BCUT2D eigenvalue weighted by Gasteiger charge is -2.38. The SMILES string of the molecule is CCCCCCCCCCCCCCC(CCC)NC(=O)OC1CCCN(C(=O)OCCCOC(=O)N(Cc2cccc[n+]2CC)C(=O)c2ccccc2OC)[C@@H]1OC.[Cl-]. The number of unbranched alkanes of at least 4 members (excludes halogenated alkanes) is 11. The van der Waals surface area contributed by atoms with Crippen LogP contribution in [0.4, 0.5) is 14.4 Å². The normalized spacial score (nSPS) is 15.3. The highest BCUT2D eigenvalue weighted by Crippen LogP contribution is 2.24. The van der Waals surface area contributed by atoms with Crippen molar-refractivity contribution < 1.29 is 59.8 Å². The van der Waals surface area contributed by atoms with Gasteiger partial charge in [-0.25, -0.2) is 23.9 Å². The molecular formula is C46H73ClN4O9. The lowest BCUT2D eigenvalue weighted by atomic mass is 10.0. The molecule has 338 valence electrons. The minimum Gasteiger partial charge on any atom is -1.00 e. The Balaban J connectivity index is 0.0000124. The van der Waals surface area contributed by atoms with Gasteiger partial charge < -0.3 is 41.4 Å². The summed E-state index contributed by atoms with van der Waals surface area (Å²) >= 11 is 0. The van der Waals surface area contributed by atoms with Crippen LogP contribution in [-0.2, 0) is 32.0 Å². The van der Waals surface area contributed by atoms with Gasteiger partial charge in [-0.2, -0.15) is 0 Å². The number of hydrogen-bond acceptors (Lipinski definition) is 9. The summed E-state index contributed by atoms with van der Waals surface area (Å²) < 4.78 is 29.9. The second-order valence-corrected chi connectivity index (χ2v) is 15.4. The van der Waals surface area contributed by atoms with Gasteiger partial charge in [0.15, 0.2) is 12.4 Å². The third-order valence-corrected chi connectivity index (χ3v) is 10.9. The van der Waals surface area contributed by atoms with E-state index >= 15 is 0 Å². The summed E-state index contributed by atoms with van der Waals surface area (Å²) in [4.78, 5) is 55.9. The second-order valence-electron chi connectivity index (χ2n) is 15.4. The molecule has 1 aromatic carbocycles. The molecule has 2 unspecified atom stereocenters. The monoisotopic (exact) mass is 861 g/mol. The van der Waals surface area contributed by atoms with Crippen molar-refractivity contribution in [2.24, 2.45) is 0 Å². The summed E-state index contributed by atoms with van der Waals surface area (Å²) in [5, 5.41) is 3.08. The highest BCUT2D eigenvalue weighted by atomic mass is 35.5. The van der Waals surface area contributed by atoms with Gasteiger partial charge in [0.1, 0.15) is 24.9 Å². The number of nitrogens with one attached hydrogen (secondary N) is 1. The maximum Gasteiger partial charge on any atom is 0.417 e. The molecule has 1 aliphatic rings. The quantitative estimate of drug-likeness (QED) is 0.0589. The molecular weight excluding hydrogens is 788 g/mol. The third-order valence-electron chi connectivity index (χ3n) is 10.9. The number of pyridine rings is 1. The van der Waals surface area contributed by atoms with Crippen molar-refractivity contribution in [1.29, 1.82) is 0 Å². The van der Waals surface area contributed by atoms with Gasteiger partial charge in [0.2, 0.25) is 5.69 Å². The van der Waals surface area contributed by atoms with Crippen LogP contribution in [0.1, 0.15) is 152 Å². The van der Waals surface area contributed by atoms with E-state index in [4.69, 9.17) is 23.7 Å². The molecule has 60 heavy (non-hydrogen) atoms. The number of carbonyl (C=O) groups is 4. The van der Waals surface area contributed by atoms with E-state index in [9.17, 15) is 19.2 Å². The number of aryl methyl sites for hydroxylation is 1. The van der Waals surface area contributed by atoms with Crippen LogP contribution in [0, 0.1) is 0 Å². The first-order valence-corrected chi connectivity index (χ1v) is 22.3. The number of alkyl carbamates (subject to hydrolysis) is 1. The molecule has 1 N–H and O–H groups in total. The maximum atomic E-state index is 13.7. The fourth-order valence-corrected chi connectivity index (χ4v) is 7.58. The summed E-state index contributed by atoms with van der Waals surface area (Å²) in [6, 6.07) is 12.3. The predicted octanol–water partition coefficient (Wildman–Crippen LogP) is 6.74. The molecule has 14 heteroatoms. The lowest BCUT2D eigenvalue weighted by molar-refractivity contribution is -0.701. The molecule has 1 saturated heterocycles. The first-order valence-electron chi connectivity index (χ1n) is 22.3. The fraction of sp³-hybridized carbons (Fsp3) is 0.674. The molecule has 0 saturated carbocycles. The number of piperidine rings is 1. The highest BCUT2D eigenvalue weighted by Gasteiger charge is 2.38. The molecule has 3 atom stereocenters. The van der Waals surface area contributed by atoms with Gasteiger partial charge in [-0.1, -0.05) is 116 Å². The van der Waals surface area contributed by atoms with Crippen LogP contribution in [0.25, 0.3) is 0 Å². The van der Waals surface area contributed by atoms with E-state index in [-0.39, 0.29) is 50.2 Å². The summed E-state index contributed by atoms with van der Waals surface area (Å²) in [6.45, 7) is 7.21. The van der Waals surface area contributed by atoms with Gasteiger partial charge in [0.05, 0.1) is 25.9 Å². The molecule has 0 spiro atoms. The Morgan fingerprint density at radius 2 is 1.45 bits per heavy atom. The smallest absolute Gasteiger partial charge is 0.417 e. The molecule has 1 fully saturated rings. The maximum absolute atomic E-state index is 13.7. The number of hydrogen-bond donors (Lipinski definition) is 1. The van der Waals surface area contributed by atoms with E-state index in [1.165, 1.54) is 83.3 Å². The minimum absolute atomic E-state index is 0. The van der Waals surface area contributed by atoms with Gasteiger partial charge in [0.25, 0.3) is 5.91 Å². The van der Waals surface area contributed by atoms with Crippen molar-refractivity contribution in [3.8, 4) is 5.75 Å². The summed E-state index contributed by atoms with van der Waals surface area (Å²) in [7, 11) is 2.94. The number of aromatic nitrogens is 1. The number of benzene rings is 1. The average molecular weight is 862 g/mol. The van der Waals surface area contributed by atoms with E-state index in [0.29, 0.717) is 31.7 Å². The van der Waals surface area contributed by atoms with E-state index in [1.807, 2.05) is 35.9 Å². The zero-order valence-electron chi connectivity index (χ0n) is 37.0. The molecule has 0 radical (unpaired) electrons. The van der Waals surface area contributed by atoms with Crippen LogP contribution in [0.5, 0.6) is 5.75 Å². The van der Waals surface area contributed by atoms with E-state index in [2.05, 4.69) is 19.2 Å². The first kappa shape index (κ1) is 52.0. The van der Waals surface area contributed by atoms with Crippen molar-refractivity contribution >= 4 is 24.2 Å². The van der Waals surface area contributed by atoms with Gasteiger partial charge in [-0.15, -0.1) is 0 Å². The molecule has 3 rings (SSSR count). The van der Waals surface area contributed by atoms with E-state index in [0.717, 1.165) is 42.7 Å². The zero-order chi connectivity index (χ0) is 42.7. The Morgan fingerprint density at radius 3 is 2.10 bits per heavy atom. The number of rotatable bonds is 27. The number of para-hydroxylation sites is 1. The Labute approximate surface area is 365 Å². The third kappa shape index (κ3) is 18.3. The van der Waals surface area contributed by atoms with Crippen LogP contribution >= 0.6 is 0 Å². The fourth-order valence-electron chi connectivity index (χ4n) is 7.58. The van der Waals surface area contributed by atoms with Gasteiger partial charge in [-0.05, 0) is 44.7 Å². The largest absolute Gasteiger partial charge is 1.00 e. The number of amides is 4. The van der Waals surface area contributed by atoms with Gasteiger partial charge in [0, 0.05) is 38.2 Å². The van der Waals surface area contributed by atoms with Crippen molar-refractivity contribution in [3.05, 3.63) is 59.9 Å². The van der Waals surface area contributed by atoms with Crippen molar-refractivity contribution in [1.82, 2.24) is 15.1 Å². The van der Waals surface area contributed by atoms with Crippen molar-refractivity contribution in [2.45, 2.75) is 168 Å². The first-order chi connectivity index (χ1) is 28.8. The number of ether oxygens (including phenoxy) is 5. The van der Waals surface area contributed by atoms with Crippen molar-refractivity contribution in [3.63, 3.8) is 0 Å². The number of methoxy groups -OCH3 is 2. The Morgan fingerprint density at radius 1 is 0.800 bits per heavy atom. The molecule has 0 aliphatic carbocycles. The lowest BCUT2D eigenvalue weighted by Crippen LogP contribution is -3.00. The standard InChI is InChI=1S/C46H72N4O9.ClH/c1-6-9-10-11-12-13-14-15-16-17-18-19-27-37(26-7-2)47-44(52)59-41-31-24-33-49(43(41)56-5)45(53)57-34-25-35-58-46(54)50(36-38-28-22-23-32-48(38)8-3)42(51)39-29-20-21-30-40(39)55-4;/h20-23,28-30,32,37,41,43H,6-19,24-27,31,33-36H2,1-5H3;1H/t37?,41?,43-;/m1./s1. The van der Waals surface area contributed by atoms with Crippen LogP contribution in [0.15, 0.2) is 48.7 Å². The molecule has 0 bridgehead atoms. The summed E-state index contributed by atoms with van der Waals surface area (Å²) in [6.07, 6.45) is 18.1. The van der Waals surface area contributed by atoms with Crippen LogP contribution in [-0.4, -0.2) is 86.3 Å². The summed E-state index contributed by atoms with van der Waals surface area (Å²) in [5.41, 5.74) is 0.971. The van der Waals surface area contributed by atoms with Gasteiger partial charge in [-0.3, -0.25) is 9.69 Å². The number of likely N-dealkylation sites (tertiary alicyclic amines) is 1. The summed E-state index contributed by atoms with van der Waals surface area (Å²) in [5.74, 6) is -0.225. The Hall–Kier alpha value is -4.10. The molecule has 13 nitrogen and oxygen atoms in total. The number of carbonyl (C=O) groups excluding carboxylic acids is 4. The topological polar surface area (TPSA) is 137 Å². The molecule has 1 aliphatic heterocycles. The minimum atomic E-state index is -0.831. The van der Waals surface area contributed by atoms with E-state index < -0.39 is 36.5 Å². The predicted molar refractivity (Wildman–Crippen MR) is 227 cm³/mol. The average Bonchev–Trinajstić information content (AvgIpc) is 3.25. The van der Waals surface area contributed by atoms with Crippen LogP contribution in [0.3, 0.4) is 0 Å². The molecule has 2 aromatic rings. The second kappa shape index (κ2) is 30.9. The van der Waals surface area contributed by atoms with Crippen LogP contribution < -0.4 is 27.0 Å². The molecule has 1 aromatic heterocycles. The zero-order valence-corrected chi connectivity index (χ0v) is 37.8. The highest BCUT2D eigenvalue weighted by molar-refractivity contribution is 6.04. The number of imide groups is 1. The molecule has 4 amide bonds.